The van der Waals surface area contributed by atoms with Gasteiger partial charge in [0.15, 0.2) is 0 Å². The largest absolute Gasteiger partial charge is 0.368 e. The molecule has 0 spiro atoms. The third kappa shape index (κ3) is 3.83. The van der Waals surface area contributed by atoms with Crippen molar-refractivity contribution in [2.75, 3.05) is 0 Å². The van der Waals surface area contributed by atoms with Gasteiger partial charge in [-0.05, 0) is 30.4 Å². The lowest BCUT2D eigenvalue weighted by molar-refractivity contribution is -0.120. The van der Waals surface area contributed by atoms with E-state index in [0.717, 1.165) is 24.8 Å². The van der Waals surface area contributed by atoms with E-state index in [9.17, 15) is 4.79 Å². The number of hydrogen-bond donors (Lipinski definition) is 2. The van der Waals surface area contributed by atoms with Gasteiger partial charge in [-0.25, -0.2) is 0 Å². The Morgan fingerprint density at radius 1 is 1.25 bits per heavy atom. The Hall–Kier alpha value is -1.35. The van der Waals surface area contributed by atoms with E-state index in [1.165, 1.54) is 31.2 Å². The molecule has 0 bridgehead atoms. The van der Waals surface area contributed by atoms with Crippen LogP contribution in [0.15, 0.2) is 24.3 Å². The standard InChI is InChI=1S/C17H26N2O/c1-2-13-9-7-8-12-15(13)16(17(18)20)19-14-10-5-3-4-6-11-14/h7-9,12,14,16,19H,2-6,10-11H2,1H3,(H2,18,20). The minimum atomic E-state index is -0.353. The number of hydrogen-bond acceptors (Lipinski definition) is 2. The highest BCUT2D eigenvalue weighted by atomic mass is 16.1. The van der Waals surface area contributed by atoms with Gasteiger partial charge in [-0.1, -0.05) is 56.9 Å². The van der Waals surface area contributed by atoms with Gasteiger partial charge in [-0.3, -0.25) is 10.1 Å². The van der Waals surface area contributed by atoms with Gasteiger partial charge < -0.3 is 5.73 Å². The first-order valence-electron chi connectivity index (χ1n) is 7.85. The van der Waals surface area contributed by atoms with Gasteiger partial charge in [0.2, 0.25) is 5.91 Å². The lowest BCUT2D eigenvalue weighted by Crippen LogP contribution is -2.40. The molecule has 1 fully saturated rings. The van der Waals surface area contributed by atoms with Gasteiger partial charge >= 0.3 is 0 Å². The van der Waals surface area contributed by atoms with Gasteiger partial charge in [0, 0.05) is 6.04 Å². The second kappa shape index (κ2) is 7.44. The van der Waals surface area contributed by atoms with Crippen LogP contribution in [0.4, 0.5) is 0 Å². The van der Waals surface area contributed by atoms with Crippen LogP contribution in [0.1, 0.15) is 62.6 Å². The smallest absolute Gasteiger partial charge is 0.239 e. The molecule has 1 aromatic rings. The number of carbonyl (C=O) groups excluding carboxylic acids is 1. The SMILES string of the molecule is CCc1ccccc1C(NC1CCCCCC1)C(N)=O. The number of benzene rings is 1. The molecule has 1 aliphatic rings. The summed E-state index contributed by atoms with van der Waals surface area (Å²) in [5.74, 6) is -0.268. The summed E-state index contributed by atoms with van der Waals surface area (Å²) >= 11 is 0. The second-order valence-electron chi connectivity index (χ2n) is 5.74. The van der Waals surface area contributed by atoms with Crippen LogP contribution >= 0.6 is 0 Å². The molecule has 1 aromatic carbocycles. The molecule has 1 aliphatic carbocycles. The molecule has 1 unspecified atom stereocenters. The van der Waals surface area contributed by atoms with Gasteiger partial charge in [-0.2, -0.15) is 0 Å². The molecule has 0 aromatic heterocycles. The Morgan fingerprint density at radius 3 is 2.50 bits per heavy atom. The van der Waals surface area contributed by atoms with E-state index in [1.807, 2.05) is 18.2 Å². The van der Waals surface area contributed by atoms with Crippen molar-refractivity contribution in [1.29, 1.82) is 0 Å². The van der Waals surface area contributed by atoms with Gasteiger partial charge in [0.05, 0.1) is 0 Å². The zero-order valence-corrected chi connectivity index (χ0v) is 12.4. The monoisotopic (exact) mass is 274 g/mol. The lowest BCUT2D eigenvalue weighted by Gasteiger charge is -2.24. The molecular weight excluding hydrogens is 248 g/mol. The van der Waals surface area contributed by atoms with Crippen LogP contribution in [0.25, 0.3) is 0 Å². The van der Waals surface area contributed by atoms with E-state index in [1.54, 1.807) is 0 Å². The number of aryl methyl sites for hydroxylation is 1. The summed E-state index contributed by atoms with van der Waals surface area (Å²) in [7, 11) is 0. The maximum atomic E-state index is 11.9. The minimum absolute atomic E-state index is 0.268. The summed E-state index contributed by atoms with van der Waals surface area (Å²) < 4.78 is 0. The van der Waals surface area contributed by atoms with Gasteiger partial charge in [0.1, 0.15) is 6.04 Å². The van der Waals surface area contributed by atoms with E-state index in [-0.39, 0.29) is 11.9 Å². The highest BCUT2D eigenvalue weighted by Gasteiger charge is 2.24. The number of amides is 1. The molecule has 0 saturated heterocycles. The summed E-state index contributed by atoms with van der Waals surface area (Å²) in [6.07, 6.45) is 8.34. The molecule has 0 radical (unpaired) electrons. The predicted octanol–water partition coefficient (Wildman–Crippen LogP) is 3.09. The van der Waals surface area contributed by atoms with Crippen molar-refractivity contribution in [3.05, 3.63) is 35.4 Å². The van der Waals surface area contributed by atoms with Crippen LogP contribution in [0.3, 0.4) is 0 Å². The van der Waals surface area contributed by atoms with Gasteiger partial charge in [-0.15, -0.1) is 0 Å². The first-order valence-corrected chi connectivity index (χ1v) is 7.85. The van der Waals surface area contributed by atoms with Crippen LogP contribution in [0.5, 0.6) is 0 Å². The fourth-order valence-corrected chi connectivity index (χ4v) is 3.14. The maximum Gasteiger partial charge on any atom is 0.239 e. The number of rotatable bonds is 5. The topological polar surface area (TPSA) is 55.1 Å². The summed E-state index contributed by atoms with van der Waals surface area (Å²) in [5.41, 5.74) is 7.90. The molecular formula is C17H26N2O. The van der Waals surface area contributed by atoms with Crippen LogP contribution in [0.2, 0.25) is 0 Å². The summed E-state index contributed by atoms with van der Waals surface area (Å²) in [6.45, 7) is 2.11. The Bertz CT molecular complexity index is 436. The average molecular weight is 274 g/mol. The third-order valence-corrected chi connectivity index (χ3v) is 4.29. The van der Waals surface area contributed by atoms with Crippen LogP contribution in [-0.2, 0) is 11.2 Å². The second-order valence-corrected chi connectivity index (χ2v) is 5.74. The number of primary amides is 1. The van der Waals surface area contributed by atoms with Crippen molar-refractivity contribution in [3.8, 4) is 0 Å². The van der Waals surface area contributed by atoms with E-state index in [2.05, 4.69) is 18.3 Å². The lowest BCUT2D eigenvalue weighted by atomic mass is 9.96. The summed E-state index contributed by atoms with van der Waals surface area (Å²) in [6, 6.07) is 8.18. The molecule has 0 aliphatic heterocycles. The first-order chi connectivity index (χ1) is 9.72. The Morgan fingerprint density at radius 2 is 1.90 bits per heavy atom. The third-order valence-electron chi connectivity index (χ3n) is 4.29. The van der Waals surface area contributed by atoms with Crippen molar-refractivity contribution in [3.63, 3.8) is 0 Å². The molecule has 3 N–H and O–H groups in total. The number of nitrogens with one attached hydrogen (secondary N) is 1. The zero-order chi connectivity index (χ0) is 14.4. The highest BCUT2D eigenvalue weighted by molar-refractivity contribution is 5.82. The summed E-state index contributed by atoms with van der Waals surface area (Å²) in [5, 5.41) is 3.51. The molecule has 2 rings (SSSR count). The molecule has 1 amide bonds. The minimum Gasteiger partial charge on any atom is -0.368 e. The first kappa shape index (κ1) is 15.0. The number of nitrogens with two attached hydrogens (primary N) is 1. The summed E-state index contributed by atoms with van der Waals surface area (Å²) in [4.78, 5) is 11.9. The van der Waals surface area contributed by atoms with Crippen LogP contribution < -0.4 is 11.1 Å². The Kier molecular flexibility index (Phi) is 5.60. The van der Waals surface area contributed by atoms with Gasteiger partial charge in [0.25, 0.3) is 0 Å². The number of carbonyl (C=O) groups is 1. The predicted molar refractivity (Wildman–Crippen MR) is 82.4 cm³/mol. The van der Waals surface area contributed by atoms with Crippen molar-refractivity contribution in [2.24, 2.45) is 5.73 Å². The molecule has 3 nitrogen and oxygen atoms in total. The van der Waals surface area contributed by atoms with Crippen LogP contribution in [0, 0.1) is 0 Å². The maximum absolute atomic E-state index is 11.9. The fraction of sp³-hybridized carbons (Fsp3) is 0.588. The fourth-order valence-electron chi connectivity index (χ4n) is 3.14. The zero-order valence-electron chi connectivity index (χ0n) is 12.4. The van der Waals surface area contributed by atoms with E-state index >= 15 is 0 Å². The normalized spacial score (nSPS) is 18.4. The molecule has 1 atom stereocenters. The Balaban J connectivity index is 2.15. The highest BCUT2D eigenvalue weighted by Crippen LogP contribution is 2.23. The van der Waals surface area contributed by atoms with E-state index in [0.29, 0.717) is 6.04 Å². The Labute approximate surface area is 121 Å². The molecule has 110 valence electrons. The van der Waals surface area contributed by atoms with Crippen molar-refractivity contribution < 1.29 is 4.79 Å². The average Bonchev–Trinajstić information content (AvgIpc) is 2.73. The van der Waals surface area contributed by atoms with Crippen molar-refractivity contribution in [1.82, 2.24) is 5.32 Å². The molecule has 1 saturated carbocycles. The molecule has 0 heterocycles. The van der Waals surface area contributed by atoms with Crippen LogP contribution in [-0.4, -0.2) is 11.9 Å². The van der Waals surface area contributed by atoms with E-state index in [4.69, 9.17) is 5.73 Å². The molecule has 20 heavy (non-hydrogen) atoms. The van der Waals surface area contributed by atoms with Crippen molar-refractivity contribution in [2.45, 2.75) is 64.0 Å². The molecule has 3 heteroatoms. The van der Waals surface area contributed by atoms with E-state index < -0.39 is 0 Å². The van der Waals surface area contributed by atoms with Crippen molar-refractivity contribution >= 4 is 5.91 Å². The quantitative estimate of drug-likeness (QED) is 0.811.